The minimum absolute atomic E-state index is 0.00608. The van der Waals surface area contributed by atoms with Crippen LogP contribution in [0.2, 0.25) is 0 Å². The van der Waals surface area contributed by atoms with Crippen molar-refractivity contribution in [2.75, 3.05) is 18.8 Å². The zero-order valence-electron chi connectivity index (χ0n) is 18.8. The number of nitrogens with zero attached hydrogens (tertiary/aromatic N) is 2. The third kappa shape index (κ3) is 4.28. The van der Waals surface area contributed by atoms with E-state index < -0.39 is 29.6 Å². The number of rotatable bonds is 6. The van der Waals surface area contributed by atoms with E-state index in [1.54, 1.807) is 42.5 Å². The summed E-state index contributed by atoms with van der Waals surface area (Å²) in [6.07, 6.45) is -0.198. The van der Waals surface area contributed by atoms with Gasteiger partial charge in [0.05, 0.1) is 19.2 Å². The van der Waals surface area contributed by atoms with Crippen LogP contribution in [0, 0.1) is 5.82 Å². The number of carbonyl (C=O) groups excluding carboxylic acids is 3. The van der Waals surface area contributed by atoms with Crippen LogP contribution in [0.5, 0.6) is 17.2 Å². The number of halogens is 1. The number of amides is 3. The molecular formula is C26H21FN2O6. The summed E-state index contributed by atoms with van der Waals surface area (Å²) in [5.74, 6) is -0.435. The van der Waals surface area contributed by atoms with Crippen LogP contribution in [0.1, 0.15) is 22.3 Å². The summed E-state index contributed by atoms with van der Waals surface area (Å²) in [4.78, 5) is 42.2. The van der Waals surface area contributed by atoms with Crippen LogP contribution in [0.4, 0.5) is 10.1 Å². The lowest BCUT2D eigenvalue weighted by molar-refractivity contribution is -0.122. The first-order chi connectivity index (χ1) is 16.9. The number of benzene rings is 3. The lowest BCUT2D eigenvalue weighted by Gasteiger charge is -2.28. The fourth-order valence-electron chi connectivity index (χ4n) is 4.21. The maximum Gasteiger partial charge on any atom is 0.257 e. The molecule has 2 aliphatic heterocycles. The number of hydrogen-bond donors (Lipinski definition) is 0. The van der Waals surface area contributed by atoms with Crippen molar-refractivity contribution >= 4 is 23.4 Å². The van der Waals surface area contributed by atoms with Gasteiger partial charge in [0.2, 0.25) is 12.7 Å². The standard InChI is InChI=1S/C26H21FN2O6/c1-33-20-8-6-19(7-9-20)29-24(30)13-21(26(29)32)28(25(31)17-3-2-4-18(27)12-17)14-16-5-10-22-23(11-16)35-15-34-22/h2-12,21H,13-15H2,1H3. The van der Waals surface area contributed by atoms with Crippen molar-refractivity contribution in [3.05, 3.63) is 83.7 Å². The minimum atomic E-state index is -1.06. The minimum Gasteiger partial charge on any atom is -0.497 e. The Morgan fingerprint density at radius 3 is 2.57 bits per heavy atom. The van der Waals surface area contributed by atoms with Gasteiger partial charge >= 0.3 is 0 Å². The first kappa shape index (κ1) is 22.4. The molecule has 3 amide bonds. The Labute approximate surface area is 200 Å². The van der Waals surface area contributed by atoms with Gasteiger partial charge in [-0.05, 0) is 60.2 Å². The van der Waals surface area contributed by atoms with Gasteiger partial charge in [-0.3, -0.25) is 14.4 Å². The molecule has 0 aromatic heterocycles. The fraction of sp³-hybridized carbons (Fsp3) is 0.192. The lowest BCUT2D eigenvalue weighted by Crippen LogP contribution is -2.45. The van der Waals surface area contributed by atoms with Crippen LogP contribution in [-0.2, 0) is 16.1 Å². The summed E-state index contributed by atoms with van der Waals surface area (Å²) in [7, 11) is 1.52. The summed E-state index contributed by atoms with van der Waals surface area (Å²) >= 11 is 0. The Balaban J connectivity index is 1.48. The second-order valence-electron chi connectivity index (χ2n) is 8.12. The Hall–Kier alpha value is -4.40. The Bertz CT molecular complexity index is 1310. The van der Waals surface area contributed by atoms with E-state index in [9.17, 15) is 18.8 Å². The highest BCUT2D eigenvalue weighted by molar-refractivity contribution is 6.23. The smallest absolute Gasteiger partial charge is 0.257 e. The zero-order valence-corrected chi connectivity index (χ0v) is 18.8. The van der Waals surface area contributed by atoms with Gasteiger partial charge in [0.15, 0.2) is 11.5 Å². The maximum atomic E-state index is 13.9. The molecule has 0 aliphatic carbocycles. The highest BCUT2D eigenvalue weighted by Gasteiger charge is 2.44. The molecule has 9 heteroatoms. The number of methoxy groups -OCH3 is 1. The molecule has 178 valence electrons. The molecule has 8 nitrogen and oxygen atoms in total. The van der Waals surface area contributed by atoms with Crippen molar-refractivity contribution in [2.45, 2.75) is 19.0 Å². The Morgan fingerprint density at radius 2 is 1.83 bits per heavy atom. The van der Waals surface area contributed by atoms with E-state index in [0.717, 1.165) is 11.0 Å². The van der Waals surface area contributed by atoms with E-state index in [1.807, 2.05) is 0 Å². The average molecular weight is 476 g/mol. The van der Waals surface area contributed by atoms with Crippen molar-refractivity contribution in [1.82, 2.24) is 4.90 Å². The van der Waals surface area contributed by atoms with Crippen molar-refractivity contribution in [2.24, 2.45) is 0 Å². The molecule has 1 saturated heterocycles. The number of imide groups is 1. The summed E-state index contributed by atoms with van der Waals surface area (Å²) in [6, 6.07) is 15.9. The van der Waals surface area contributed by atoms with E-state index in [-0.39, 0.29) is 25.3 Å². The molecule has 2 heterocycles. The second kappa shape index (κ2) is 9.09. The van der Waals surface area contributed by atoms with E-state index >= 15 is 0 Å². The van der Waals surface area contributed by atoms with Gasteiger partial charge in [0.25, 0.3) is 11.8 Å². The van der Waals surface area contributed by atoms with E-state index in [2.05, 4.69) is 0 Å². The average Bonchev–Trinajstić information content (AvgIpc) is 3.45. The molecule has 5 rings (SSSR count). The van der Waals surface area contributed by atoms with Crippen LogP contribution in [0.15, 0.2) is 66.7 Å². The zero-order chi connectivity index (χ0) is 24.5. The molecule has 0 saturated carbocycles. The van der Waals surface area contributed by atoms with E-state index in [4.69, 9.17) is 14.2 Å². The summed E-state index contributed by atoms with van der Waals surface area (Å²) < 4.78 is 29.8. The molecule has 0 bridgehead atoms. The number of hydrogen-bond acceptors (Lipinski definition) is 6. The van der Waals surface area contributed by atoms with Gasteiger partial charge in [-0.2, -0.15) is 0 Å². The largest absolute Gasteiger partial charge is 0.497 e. The predicted molar refractivity (Wildman–Crippen MR) is 123 cm³/mol. The molecule has 0 radical (unpaired) electrons. The topological polar surface area (TPSA) is 85.4 Å². The van der Waals surface area contributed by atoms with Crippen LogP contribution < -0.4 is 19.1 Å². The van der Waals surface area contributed by atoms with Gasteiger partial charge < -0.3 is 19.1 Å². The summed E-state index contributed by atoms with van der Waals surface area (Å²) in [6.45, 7) is 0.100. The highest BCUT2D eigenvalue weighted by atomic mass is 19.1. The number of ether oxygens (including phenoxy) is 3. The van der Waals surface area contributed by atoms with Gasteiger partial charge in [-0.1, -0.05) is 12.1 Å². The molecule has 0 spiro atoms. The van der Waals surface area contributed by atoms with Crippen molar-refractivity contribution in [3.8, 4) is 17.2 Å². The van der Waals surface area contributed by atoms with Crippen molar-refractivity contribution in [3.63, 3.8) is 0 Å². The molecular weight excluding hydrogens is 455 g/mol. The Kier molecular flexibility index (Phi) is 5.82. The molecule has 3 aromatic carbocycles. The van der Waals surface area contributed by atoms with Crippen LogP contribution in [0.25, 0.3) is 0 Å². The number of fused-ring (bicyclic) bond motifs is 1. The highest BCUT2D eigenvalue weighted by Crippen LogP contribution is 2.34. The van der Waals surface area contributed by atoms with Crippen molar-refractivity contribution < 1.29 is 33.0 Å². The van der Waals surface area contributed by atoms with Gasteiger partial charge in [0, 0.05) is 12.1 Å². The van der Waals surface area contributed by atoms with Crippen LogP contribution in [-0.4, -0.2) is 42.6 Å². The van der Waals surface area contributed by atoms with Crippen LogP contribution in [0.3, 0.4) is 0 Å². The molecule has 1 atom stereocenters. The summed E-state index contributed by atoms with van der Waals surface area (Å²) in [5, 5.41) is 0. The van der Waals surface area contributed by atoms with Gasteiger partial charge in [-0.25, -0.2) is 9.29 Å². The number of anilines is 1. The quantitative estimate of drug-likeness (QED) is 0.506. The first-order valence-electron chi connectivity index (χ1n) is 10.9. The third-order valence-electron chi connectivity index (χ3n) is 5.95. The Morgan fingerprint density at radius 1 is 1.06 bits per heavy atom. The number of carbonyl (C=O) groups is 3. The normalized spacial score (nSPS) is 16.5. The van der Waals surface area contributed by atoms with Gasteiger partial charge in [-0.15, -0.1) is 0 Å². The molecule has 1 fully saturated rings. The molecule has 2 aliphatic rings. The third-order valence-corrected chi connectivity index (χ3v) is 5.95. The van der Waals surface area contributed by atoms with E-state index in [0.29, 0.717) is 28.5 Å². The van der Waals surface area contributed by atoms with Crippen LogP contribution >= 0.6 is 0 Å². The lowest BCUT2D eigenvalue weighted by atomic mass is 10.1. The van der Waals surface area contributed by atoms with Gasteiger partial charge in [0.1, 0.15) is 17.6 Å². The SMILES string of the molecule is COc1ccc(N2C(=O)CC(N(Cc3ccc4c(c3)OCO4)C(=O)c3cccc(F)c3)C2=O)cc1. The first-order valence-corrected chi connectivity index (χ1v) is 10.9. The molecule has 0 N–H and O–H groups in total. The predicted octanol–water partition coefficient (Wildman–Crippen LogP) is 3.54. The monoisotopic (exact) mass is 476 g/mol. The fourth-order valence-corrected chi connectivity index (χ4v) is 4.21. The second-order valence-corrected chi connectivity index (χ2v) is 8.12. The maximum absolute atomic E-state index is 13.9. The molecule has 35 heavy (non-hydrogen) atoms. The molecule has 1 unspecified atom stereocenters. The summed E-state index contributed by atoms with van der Waals surface area (Å²) in [5.41, 5.74) is 1.13. The van der Waals surface area contributed by atoms with Crippen molar-refractivity contribution in [1.29, 1.82) is 0 Å². The van der Waals surface area contributed by atoms with E-state index in [1.165, 1.54) is 30.2 Å². The molecule has 3 aromatic rings.